The molecule has 2 unspecified atom stereocenters. The maximum Gasteiger partial charge on any atom is 0.416 e. The molecule has 2 atom stereocenters. The van der Waals surface area contributed by atoms with E-state index in [2.05, 4.69) is 0 Å². The van der Waals surface area contributed by atoms with Crippen molar-refractivity contribution >= 4 is 5.97 Å². The van der Waals surface area contributed by atoms with Gasteiger partial charge >= 0.3 is 12.1 Å². The molecule has 38 heavy (non-hydrogen) atoms. The molecule has 3 aromatic carbocycles. The molecule has 4 rings (SSSR count). The summed E-state index contributed by atoms with van der Waals surface area (Å²) in [6, 6.07) is 17.5. The zero-order valence-corrected chi connectivity index (χ0v) is 21.2. The second-order valence-corrected chi connectivity index (χ2v) is 9.23. The van der Waals surface area contributed by atoms with Crippen LogP contribution in [-0.4, -0.2) is 43.3 Å². The minimum absolute atomic E-state index is 0.202. The summed E-state index contributed by atoms with van der Waals surface area (Å²) in [4.78, 5) is 13.7. The predicted molar refractivity (Wildman–Crippen MR) is 136 cm³/mol. The molecular formula is C29H30F3NO5. The van der Waals surface area contributed by atoms with Crippen LogP contribution in [0.5, 0.6) is 17.2 Å². The van der Waals surface area contributed by atoms with Crippen LogP contribution in [0.2, 0.25) is 0 Å². The third kappa shape index (κ3) is 6.22. The summed E-state index contributed by atoms with van der Waals surface area (Å²) in [5.41, 5.74) is 1.17. The minimum atomic E-state index is -4.52. The van der Waals surface area contributed by atoms with Crippen molar-refractivity contribution in [3.8, 4) is 17.2 Å². The lowest BCUT2D eigenvalue weighted by molar-refractivity contribution is -0.143. The second-order valence-electron chi connectivity index (χ2n) is 9.23. The van der Waals surface area contributed by atoms with E-state index in [1.165, 1.54) is 20.3 Å². The number of hydrogen-bond donors (Lipinski definition) is 1. The number of benzene rings is 3. The molecule has 0 aromatic heterocycles. The van der Waals surface area contributed by atoms with Gasteiger partial charge in [0, 0.05) is 6.54 Å². The molecule has 0 amide bonds. The lowest BCUT2D eigenvalue weighted by atomic mass is 9.90. The van der Waals surface area contributed by atoms with Crippen molar-refractivity contribution in [1.29, 1.82) is 0 Å². The van der Waals surface area contributed by atoms with Gasteiger partial charge in [-0.15, -0.1) is 0 Å². The van der Waals surface area contributed by atoms with Gasteiger partial charge in [-0.2, -0.15) is 13.2 Å². The average molecular weight is 530 g/mol. The minimum Gasteiger partial charge on any atom is -0.493 e. The average Bonchev–Trinajstić information content (AvgIpc) is 2.92. The van der Waals surface area contributed by atoms with Gasteiger partial charge in [0.15, 0.2) is 11.5 Å². The van der Waals surface area contributed by atoms with Crippen molar-refractivity contribution in [3.05, 3.63) is 89.0 Å². The number of methoxy groups -OCH3 is 2. The van der Waals surface area contributed by atoms with E-state index in [9.17, 15) is 23.1 Å². The topological polar surface area (TPSA) is 68.2 Å². The van der Waals surface area contributed by atoms with Crippen LogP contribution in [-0.2, 0) is 17.6 Å². The monoisotopic (exact) mass is 529 g/mol. The van der Waals surface area contributed by atoms with Gasteiger partial charge in [0.25, 0.3) is 0 Å². The van der Waals surface area contributed by atoms with Crippen molar-refractivity contribution < 1.29 is 37.3 Å². The van der Waals surface area contributed by atoms with Crippen LogP contribution in [0.25, 0.3) is 0 Å². The number of alkyl halides is 3. The van der Waals surface area contributed by atoms with E-state index in [1.54, 1.807) is 18.2 Å². The SMILES string of the molecule is COc1cc(C(c2cccc(C(F)(F)F)c2)N2CCCC(C(=O)O)C2)cc(OC)c1OCc1ccccc1. The van der Waals surface area contributed by atoms with Gasteiger partial charge in [0.2, 0.25) is 5.75 Å². The van der Waals surface area contributed by atoms with Gasteiger partial charge in [-0.1, -0.05) is 42.5 Å². The molecule has 1 heterocycles. The van der Waals surface area contributed by atoms with Crippen molar-refractivity contribution in [3.63, 3.8) is 0 Å². The van der Waals surface area contributed by atoms with E-state index < -0.39 is 29.7 Å². The number of piperidine rings is 1. The number of aliphatic carboxylic acids is 1. The van der Waals surface area contributed by atoms with Crippen LogP contribution in [0.3, 0.4) is 0 Å². The molecule has 1 saturated heterocycles. The standard InChI is InChI=1S/C29H30F3NO5/c1-36-24-15-22(16-25(37-2)27(24)38-18-19-8-4-3-5-9-19)26(33-13-7-11-21(17-33)28(34)35)20-10-6-12-23(14-20)29(30,31)32/h3-6,8-10,12,14-16,21,26H,7,11,13,17-18H2,1-2H3,(H,34,35). The number of hydrogen-bond acceptors (Lipinski definition) is 5. The van der Waals surface area contributed by atoms with E-state index in [4.69, 9.17) is 14.2 Å². The van der Waals surface area contributed by atoms with Crippen LogP contribution in [0.15, 0.2) is 66.7 Å². The Morgan fingerprint density at radius 2 is 1.68 bits per heavy atom. The zero-order chi connectivity index (χ0) is 27.3. The maximum absolute atomic E-state index is 13.6. The normalized spacial score (nSPS) is 17.0. The van der Waals surface area contributed by atoms with Gasteiger partial charge in [-0.25, -0.2) is 0 Å². The first kappa shape index (κ1) is 27.3. The van der Waals surface area contributed by atoms with E-state index >= 15 is 0 Å². The summed E-state index contributed by atoms with van der Waals surface area (Å²) < 4.78 is 58.1. The molecule has 0 saturated carbocycles. The van der Waals surface area contributed by atoms with Crippen molar-refractivity contribution in [1.82, 2.24) is 4.90 Å². The molecule has 1 fully saturated rings. The second kappa shape index (κ2) is 11.8. The van der Waals surface area contributed by atoms with Crippen molar-refractivity contribution in [2.24, 2.45) is 5.92 Å². The molecule has 0 radical (unpaired) electrons. The number of carboxylic acid groups (broad SMARTS) is 1. The summed E-state index contributed by atoms with van der Waals surface area (Å²) in [7, 11) is 2.96. The van der Waals surface area contributed by atoms with Crippen LogP contribution >= 0.6 is 0 Å². The molecule has 0 spiro atoms. The van der Waals surface area contributed by atoms with E-state index in [0.717, 1.165) is 17.7 Å². The zero-order valence-electron chi connectivity index (χ0n) is 21.2. The van der Waals surface area contributed by atoms with Gasteiger partial charge in [-0.05, 0) is 60.3 Å². The number of ether oxygens (including phenoxy) is 3. The maximum atomic E-state index is 13.6. The Balaban J connectivity index is 1.78. The fourth-order valence-electron chi connectivity index (χ4n) is 4.87. The largest absolute Gasteiger partial charge is 0.493 e. The Hall–Kier alpha value is -3.72. The van der Waals surface area contributed by atoms with E-state index in [0.29, 0.717) is 47.8 Å². The molecule has 0 bridgehead atoms. The first-order valence-corrected chi connectivity index (χ1v) is 12.3. The fourth-order valence-corrected chi connectivity index (χ4v) is 4.87. The van der Waals surface area contributed by atoms with Gasteiger partial charge in [0.05, 0.1) is 31.7 Å². The highest BCUT2D eigenvalue weighted by Gasteiger charge is 2.35. The Kier molecular flexibility index (Phi) is 8.46. The Labute approximate surface area is 219 Å². The number of likely N-dealkylation sites (tertiary alicyclic amines) is 1. The van der Waals surface area contributed by atoms with E-state index in [1.807, 2.05) is 35.2 Å². The Morgan fingerprint density at radius 1 is 1.00 bits per heavy atom. The summed E-state index contributed by atoms with van der Waals surface area (Å²) in [6.07, 6.45) is -3.39. The van der Waals surface area contributed by atoms with Crippen molar-refractivity contribution in [2.75, 3.05) is 27.3 Å². The lowest BCUT2D eigenvalue weighted by Crippen LogP contribution is -2.41. The molecular weight excluding hydrogens is 499 g/mol. The van der Waals surface area contributed by atoms with E-state index in [-0.39, 0.29) is 13.2 Å². The third-order valence-corrected chi connectivity index (χ3v) is 6.72. The smallest absolute Gasteiger partial charge is 0.416 e. The molecule has 0 aliphatic carbocycles. The van der Waals surface area contributed by atoms with Crippen molar-refractivity contribution in [2.45, 2.75) is 31.7 Å². The summed E-state index contributed by atoms with van der Waals surface area (Å²) >= 11 is 0. The molecule has 1 N–H and O–H groups in total. The number of carboxylic acids is 1. The number of halogens is 3. The highest BCUT2D eigenvalue weighted by molar-refractivity contribution is 5.70. The number of carbonyl (C=O) groups is 1. The molecule has 202 valence electrons. The van der Waals surface area contributed by atoms with Crippen LogP contribution in [0.1, 0.15) is 41.1 Å². The first-order valence-electron chi connectivity index (χ1n) is 12.3. The highest BCUT2D eigenvalue weighted by Crippen LogP contribution is 2.44. The fraction of sp³-hybridized carbons (Fsp3) is 0.345. The summed E-state index contributed by atoms with van der Waals surface area (Å²) in [5, 5.41) is 9.65. The molecule has 1 aliphatic rings. The molecule has 9 heteroatoms. The van der Waals surface area contributed by atoms with Crippen LogP contribution in [0.4, 0.5) is 13.2 Å². The number of nitrogens with zero attached hydrogens (tertiary/aromatic N) is 1. The van der Waals surface area contributed by atoms with Crippen LogP contribution in [0, 0.1) is 5.92 Å². The Morgan fingerprint density at radius 3 is 2.29 bits per heavy atom. The first-order chi connectivity index (χ1) is 18.2. The third-order valence-electron chi connectivity index (χ3n) is 6.72. The summed E-state index contributed by atoms with van der Waals surface area (Å²) in [5.74, 6) is -0.447. The lowest BCUT2D eigenvalue weighted by Gasteiger charge is -2.38. The number of rotatable bonds is 9. The van der Waals surface area contributed by atoms with Gasteiger partial charge < -0.3 is 19.3 Å². The Bertz CT molecular complexity index is 1220. The summed E-state index contributed by atoms with van der Waals surface area (Å²) in [6.45, 7) is 0.991. The quantitative estimate of drug-likeness (QED) is 0.357. The predicted octanol–water partition coefficient (Wildman–Crippen LogP) is 6.19. The van der Waals surface area contributed by atoms with Gasteiger partial charge in [0.1, 0.15) is 6.61 Å². The van der Waals surface area contributed by atoms with Gasteiger partial charge in [-0.3, -0.25) is 9.69 Å². The highest BCUT2D eigenvalue weighted by atomic mass is 19.4. The van der Waals surface area contributed by atoms with Crippen LogP contribution < -0.4 is 14.2 Å². The molecule has 3 aromatic rings. The molecule has 6 nitrogen and oxygen atoms in total. The molecule has 1 aliphatic heterocycles.